The van der Waals surface area contributed by atoms with Crippen LogP contribution < -0.4 is 10.6 Å². The van der Waals surface area contributed by atoms with Crippen molar-refractivity contribution in [1.82, 2.24) is 10.6 Å². The lowest BCUT2D eigenvalue weighted by atomic mass is 10.0. The van der Waals surface area contributed by atoms with Gasteiger partial charge < -0.3 is 10.6 Å². The first-order chi connectivity index (χ1) is 11.5. The van der Waals surface area contributed by atoms with E-state index in [1.807, 2.05) is 35.7 Å². The third-order valence-electron chi connectivity index (χ3n) is 4.11. The van der Waals surface area contributed by atoms with Crippen molar-refractivity contribution in [3.05, 3.63) is 57.2 Å². The van der Waals surface area contributed by atoms with Crippen LogP contribution in [0.4, 0.5) is 0 Å². The zero-order valence-corrected chi connectivity index (χ0v) is 14.9. The molecule has 2 atom stereocenters. The molecule has 1 aromatic carbocycles. The summed E-state index contributed by atoms with van der Waals surface area (Å²) in [5, 5.41) is 8.33. The van der Waals surface area contributed by atoms with Crippen molar-refractivity contribution in [3.8, 4) is 0 Å². The fourth-order valence-electron chi connectivity index (χ4n) is 2.59. The average Bonchev–Trinajstić information content (AvgIpc) is 3.26. The Hall–Kier alpha value is -1.85. The lowest BCUT2D eigenvalue weighted by Crippen LogP contribution is -2.46. The molecule has 0 saturated heterocycles. The fourth-order valence-corrected chi connectivity index (χ4v) is 3.35. The maximum atomic E-state index is 12.5. The van der Waals surface area contributed by atoms with Crippen molar-refractivity contribution in [2.75, 3.05) is 0 Å². The Labute approximate surface area is 150 Å². The standard InChI is InChI=1S/C18H19ClN2O2S/c1-11(20-18(23)15-3-2-10-24-15)17(22)21-16(12-4-5-12)13-6-8-14(19)9-7-13/h2-3,6-12,16H,4-5H2,1H3,(H,20,23)(H,21,22). The molecule has 4 nitrogen and oxygen atoms in total. The Balaban J connectivity index is 1.63. The van der Waals surface area contributed by atoms with Crippen molar-refractivity contribution < 1.29 is 9.59 Å². The van der Waals surface area contributed by atoms with E-state index in [0.717, 1.165) is 18.4 Å². The van der Waals surface area contributed by atoms with Gasteiger partial charge in [0.15, 0.2) is 0 Å². The maximum absolute atomic E-state index is 12.5. The molecule has 1 saturated carbocycles. The smallest absolute Gasteiger partial charge is 0.261 e. The molecular formula is C18H19ClN2O2S. The zero-order valence-electron chi connectivity index (χ0n) is 13.3. The topological polar surface area (TPSA) is 58.2 Å². The average molecular weight is 363 g/mol. The number of hydrogen-bond acceptors (Lipinski definition) is 3. The molecule has 1 heterocycles. The van der Waals surface area contributed by atoms with Crippen LogP contribution in [0, 0.1) is 5.92 Å². The first-order valence-electron chi connectivity index (χ1n) is 7.95. The van der Waals surface area contributed by atoms with Gasteiger partial charge in [0, 0.05) is 5.02 Å². The molecule has 2 unspecified atom stereocenters. The minimum Gasteiger partial charge on any atom is -0.347 e. The highest BCUT2D eigenvalue weighted by Gasteiger charge is 2.34. The van der Waals surface area contributed by atoms with E-state index in [1.54, 1.807) is 13.0 Å². The summed E-state index contributed by atoms with van der Waals surface area (Å²) < 4.78 is 0. The maximum Gasteiger partial charge on any atom is 0.261 e. The van der Waals surface area contributed by atoms with Crippen molar-refractivity contribution in [2.24, 2.45) is 5.92 Å². The van der Waals surface area contributed by atoms with E-state index in [-0.39, 0.29) is 17.9 Å². The van der Waals surface area contributed by atoms with Crippen LogP contribution in [0.3, 0.4) is 0 Å². The summed E-state index contributed by atoms with van der Waals surface area (Å²) in [5.74, 6) is 0.0594. The summed E-state index contributed by atoms with van der Waals surface area (Å²) in [6, 6.07) is 10.5. The Morgan fingerprint density at radius 3 is 2.46 bits per heavy atom. The number of carbonyl (C=O) groups excluding carboxylic acids is 2. The normalized spacial score (nSPS) is 16.2. The second-order valence-electron chi connectivity index (χ2n) is 6.05. The van der Waals surface area contributed by atoms with Gasteiger partial charge in [-0.3, -0.25) is 9.59 Å². The second kappa shape index (κ2) is 7.36. The minimum atomic E-state index is -0.590. The number of amides is 2. The van der Waals surface area contributed by atoms with Gasteiger partial charge in [0.25, 0.3) is 5.91 Å². The van der Waals surface area contributed by atoms with Gasteiger partial charge in [-0.25, -0.2) is 0 Å². The van der Waals surface area contributed by atoms with Crippen LogP contribution in [0.2, 0.25) is 5.02 Å². The van der Waals surface area contributed by atoms with Crippen LogP contribution >= 0.6 is 22.9 Å². The van der Waals surface area contributed by atoms with Gasteiger partial charge in [0.05, 0.1) is 10.9 Å². The van der Waals surface area contributed by atoms with E-state index in [0.29, 0.717) is 15.8 Å². The van der Waals surface area contributed by atoms with Gasteiger partial charge in [-0.15, -0.1) is 11.3 Å². The molecule has 2 aromatic rings. The lowest BCUT2D eigenvalue weighted by molar-refractivity contribution is -0.123. The molecule has 0 radical (unpaired) electrons. The Morgan fingerprint density at radius 2 is 1.88 bits per heavy atom. The molecule has 0 bridgehead atoms. The van der Waals surface area contributed by atoms with E-state index < -0.39 is 6.04 Å². The molecule has 0 spiro atoms. The van der Waals surface area contributed by atoms with E-state index in [2.05, 4.69) is 10.6 Å². The number of rotatable bonds is 6. The zero-order chi connectivity index (χ0) is 17.1. The van der Waals surface area contributed by atoms with Crippen molar-refractivity contribution in [1.29, 1.82) is 0 Å². The van der Waals surface area contributed by atoms with E-state index in [4.69, 9.17) is 11.6 Å². The third kappa shape index (κ3) is 4.16. The molecule has 1 aliphatic rings. The van der Waals surface area contributed by atoms with Crippen molar-refractivity contribution in [2.45, 2.75) is 31.8 Å². The second-order valence-corrected chi connectivity index (χ2v) is 7.43. The summed E-state index contributed by atoms with van der Waals surface area (Å²) >= 11 is 7.30. The number of nitrogens with one attached hydrogen (secondary N) is 2. The number of halogens is 1. The molecule has 2 amide bonds. The van der Waals surface area contributed by atoms with Crippen LogP contribution in [0.1, 0.15) is 41.0 Å². The molecule has 0 aliphatic heterocycles. The molecule has 2 N–H and O–H groups in total. The first kappa shape index (κ1) is 17.0. The monoisotopic (exact) mass is 362 g/mol. The molecule has 1 aliphatic carbocycles. The summed E-state index contributed by atoms with van der Waals surface area (Å²) in [7, 11) is 0. The van der Waals surface area contributed by atoms with Gasteiger partial charge >= 0.3 is 0 Å². The molecule has 3 rings (SSSR count). The fraction of sp³-hybridized carbons (Fsp3) is 0.333. The van der Waals surface area contributed by atoms with Crippen molar-refractivity contribution in [3.63, 3.8) is 0 Å². The van der Waals surface area contributed by atoms with Gasteiger partial charge in [0.2, 0.25) is 5.91 Å². The van der Waals surface area contributed by atoms with E-state index in [1.165, 1.54) is 11.3 Å². The van der Waals surface area contributed by atoms with Crippen LogP contribution in [0.15, 0.2) is 41.8 Å². The molecule has 6 heteroatoms. The van der Waals surface area contributed by atoms with Gasteiger partial charge in [-0.1, -0.05) is 29.8 Å². The van der Waals surface area contributed by atoms with Gasteiger partial charge in [-0.05, 0) is 54.8 Å². The number of carbonyl (C=O) groups is 2. The molecule has 1 aromatic heterocycles. The first-order valence-corrected chi connectivity index (χ1v) is 9.20. The van der Waals surface area contributed by atoms with E-state index in [9.17, 15) is 9.59 Å². The number of thiophene rings is 1. The van der Waals surface area contributed by atoms with Crippen LogP contribution in [-0.4, -0.2) is 17.9 Å². The summed E-state index contributed by atoms with van der Waals surface area (Å²) in [6.07, 6.45) is 2.20. The highest BCUT2D eigenvalue weighted by molar-refractivity contribution is 7.12. The Kier molecular flexibility index (Phi) is 5.21. The predicted molar refractivity (Wildman–Crippen MR) is 96.3 cm³/mol. The quantitative estimate of drug-likeness (QED) is 0.821. The highest BCUT2D eigenvalue weighted by atomic mass is 35.5. The van der Waals surface area contributed by atoms with E-state index >= 15 is 0 Å². The molecule has 24 heavy (non-hydrogen) atoms. The minimum absolute atomic E-state index is 0.0316. The van der Waals surface area contributed by atoms with Gasteiger partial charge in [0.1, 0.15) is 6.04 Å². The number of hydrogen-bond donors (Lipinski definition) is 2. The number of benzene rings is 1. The molecule has 1 fully saturated rings. The summed E-state index contributed by atoms with van der Waals surface area (Å²) in [6.45, 7) is 1.70. The van der Waals surface area contributed by atoms with Crippen LogP contribution in [0.5, 0.6) is 0 Å². The highest BCUT2D eigenvalue weighted by Crippen LogP contribution is 2.41. The van der Waals surface area contributed by atoms with Crippen LogP contribution in [-0.2, 0) is 4.79 Å². The lowest BCUT2D eigenvalue weighted by Gasteiger charge is -2.22. The SMILES string of the molecule is CC(NC(=O)c1cccs1)C(=O)NC(c1ccc(Cl)cc1)C1CC1. The summed E-state index contributed by atoms with van der Waals surface area (Å²) in [5.41, 5.74) is 1.05. The molecule has 126 valence electrons. The van der Waals surface area contributed by atoms with Gasteiger partial charge in [-0.2, -0.15) is 0 Å². The van der Waals surface area contributed by atoms with Crippen molar-refractivity contribution >= 4 is 34.8 Å². The van der Waals surface area contributed by atoms with Crippen LogP contribution in [0.25, 0.3) is 0 Å². The third-order valence-corrected chi connectivity index (χ3v) is 5.23. The Bertz CT molecular complexity index is 711. The molecular weight excluding hydrogens is 344 g/mol. The Morgan fingerprint density at radius 1 is 1.17 bits per heavy atom. The summed E-state index contributed by atoms with van der Waals surface area (Å²) in [4.78, 5) is 25.2. The largest absolute Gasteiger partial charge is 0.347 e. The predicted octanol–water partition coefficient (Wildman–Crippen LogP) is 3.79.